The van der Waals surface area contributed by atoms with Crippen molar-refractivity contribution in [2.24, 2.45) is 0 Å². The summed E-state index contributed by atoms with van der Waals surface area (Å²) in [4.78, 5) is 0. The van der Waals surface area contributed by atoms with Crippen LogP contribution in [0.1, 0.15) is 11.1 Å². The maximum atomic E-state index is 9.08. The number of benzene rings is 1. The van der Waals surface area contributed by atoms with Crippen molar-refractivity contribution in [1.82, 2.24) is 9.78 Å². The van der Waals surface area contributed by atoms with Crippen molar-refractivity contribution in [2.75, 3.05) is 19.0 Å². The highest BCUT2D eigenvalue weighted by molar-refractivity contribution is 5.66. The number of anilines is 2. The molecule has 98 valence electrons. The summed E-state index contributed by atoms with van der Waals surface area (Å²) in [7, 11) is 1.66. The molecule has 19 heavy (non-hydrogen) atoms. The lowest BCUT2D eigenvalue weighted by molar-refractivity contribution is 0.183. The van der Waals surface area contributed by atoms with Crippen molar-refractivity contribution in [1.29, 1.82) is 5.26 Å². The fraction of sp³-hybridized carbons (Fsp3) is 0.286. The molecule has 5 nitrogen and oxygen atoms in total. The van der Waals surface area contributed by atoms with Crippen molar-refractivity contribution in [3.63, 3.8) is 0 Å². The van der Waals surface area contributed by atoms with Crippen LogP contribution in [-0.2, 0) is 11.3 Å². The molecule has 0 bridgehead atoms. The van der Waals surface area contributed by atoms with Crippen molar-refractivity contribution < 1.29 is 4.74 Å². The normalized spacial score (nSPS) is 10.2. The second-order valence-electron chi connectivity index (χ2n) is 4.27. The Bertz CT molecular complexity index is 598. The first-order valence-electron chi connectivity index (χ1n) is 6.02. The molecule has 0 unspecified atom stereocenters. The van der Waals surface area contributed by atoms with Gasteiger partial charge in [0.05, 0.1) is 36.3 Å². The van der Waals surface area contributed by atoms with Gasteiger partial charge in [-0.2, -0.15) is 10.4 Å². The number of nitrogens with zero attached hydrogens (tertiary/aromatic N) is 3. The molecule has 2 aromatic rings. The van der Waals surface area contributed by atoms with Gasteiger partial charge in [0.15, 0.2) is 0 Å². The topological polar surface area (TPSA) is 62.9 Å². The number of methoxy groups -OCH3 is 1. The molecule has 2 rings (SSSR count). The van der Waals surface area contributed by atoms with Crippen LogP contribution in [0.4, 0.5) is 11.4 Å². The molecule has 0 aliphatic heterocycles. The van der Waals surface area contributed by atoms with Crippen LogP contribution in [0.15, 0.2) is 30.6 Å². The summed E-state index contributed by atoms with van der Waals surface area (Å²) in [6.45, 7) is 3.32. The van der Waals surface area contributed by atoms with Crippen LogP contribution >= 0.6 is 0 Å². The molecule has 0 fully saturated rings. The number of nitrogens with one attached hydrogen (secondary N) is 1. The minimum atomic E-state index is 0.620. The third kappa shape index (κ3) is 3.33. The average molecular weight is 256 g/mol. The van der Waals surface area contributed by atoms with Gasteiger partial charge in [-0.15, -0.1) is 0 Å². The van der Waals surface area contributed by atoms with E-state index >= 15 is 0 Å². The molecule has 0 aliphatic rings. The largest absolute Gasteiger partial charge is 0.383 e. The molecular weight excluding hydrogens is 240 g/mol. The fourth-order valence-corrected chi connectivity index (χ4v) is 1.75. The number of hydrogen-bond acceptors (Lipinski definition) is 4. The molecular formula is C14H16N4O. The molecule has 1 aromatic carbocycles. The van der Waals surface area contributed by atoms with E-state index in [1.165, 1.54) is 0 Å². The molecule has 0 saturated carbocycles. The van der Waals surface area contributed by atoms with Gasteiger partial charge in [0, 0.05) is 13.3 Å². The molecule has 0 spiro atoms. The summed E-state index contributed by atoms with van der Waals surface area (Å²) in [5, 5.41) is 16.5. The predicted octanol–water partition coefficient (Wildman–Crippen LogP) is 2.45. The molecule has 0 atom stereocenters. The lowest BCUT2D eigenvalue weighted by Crippen LogP contribution is -2.03. The summed E-state index contributed by atoms with van der Waals surface area (Å²) >= 11 is 0. The maximum absolute atomic E-state index is 9.08. The van der Waals surface area contributed by atoms with Crippen LogP contribution in [0.3, 0.4) is 0 Å². The van der Waals surface area contributed by atoms with E-state index in [9.17, 15) is 0 Å². The Hall–Kier alpha value is -2.32. The van der Waals surface area contributed by atoms with E-state index in [0.29, 0.717) is 18.7 Å². The van der Waals surface area contributed by atoms with Gasteiger partial charge in [-0.3, -0.25) is 4.68 Å². The Morgan fingerprint density at radius 3 is 3.05 bits per heavy atom. The van der Waals surface area contributed by atoms with E-state index in [-0.39, 0.29) is 0 Å². The van der Waals surface area contributed by atoms with Crippen molar-refractivity contribution >= 4 is 11.4 Å². The highest BCUT2D eigenvalue weighted by Gasteiger charge is 2.04. The van der Waals surface area contributed by atoms with E-state index in [0.717, 1.165) is 16.9 Å². The molecule has 0 amide bonds. The molecule has 0 radical (unpaired) electrons. The third-order valence-corrected chi connectivity index (χ3v) is 2.73. The lowest BCUT2D eigenvalue weighted by atomic mass is 10.1. The Kier molecular flexibility index (Phi) is 4.16. The lowest BCUT2D eigenvalue weighted by Gasteiger charge is -2.06. The number of aromatic nitrogens is 2. The molecule has 0 saturated heterocycles. The zero-order valence-electron chi connectivity index (χ0n) is 11.1. The van der Waals surface area contributed by atoms with Crippen LogP contribution in [0.5, 0.6) is 0 Å². The zero-order chi connectivity index (χ0) is 13.7. The van der Waals surface area contributed by atoms with Gasteiger partial charge in [-0.05, 0) is 24.6 Å². The molecule has 1 N–H and O–H groups in total. The second kappa shape index (κ2) is 6.03. The number of nitriles is 1. The Morgan fingerprint density at radius 1 is 1.47 bits per heavy atom. The van der Waals surface area contributed by atoms with Gasteiger partial charge in [0.2, 0.25) is 0 Å². The summed E-state index contributed by atoms with van der Waals surface area (Å²) < 4.78 is 6.80. The summed E-state index contributed by atoms with van der Waals surface area (Å²) in [6, 6.07) is 7.86. The first kappa shape index (κ1) is 13.1. The smallest absolute Gasteiger partial charge is 0.101 e. The van der Waals surface area contributed by atoms with Crippen LogP contribution in [0, 0.1) is 18.3 Å². The van der Waals surface area contributed by atoms with E-state index < -0.39 is 0 Å². The quantitative estimate of drug-likeness (QED) is 0.892. The third-order valence-electron chi connectivity index (χ3n) is 2.73. The zero-order valence-corrected chi connectivity index (χ0v) is 11.1. The Morgan fingerprint density at radius 2 is 2.32 bits per heavy atom. The summed E-state index contributed by atoms with van der Waals surface area (Å²) in [5.41, 5.74) is 3.38. The Labute approximate surface area is 112 Å². The minimum Gasteiger partial charge on any atom is -0.383 e. The van der Waals surface area contributed by atoms with Gasteiger partial charge in [-0.25, -0.2) is 0 Å². The molecule has 1 aromatic heterocycles. The molecule has 0 aliphatic carbocycles. The van der Waals surface area contributed by atoms with Crippen LogP contribution < -0.4 is 5.32 Å². The standard InChI is InChI=1S/C14H16N4O/c1-11-3-4-12(8-15)14(7-11)17-13-9-16-18(10-13)5-6-19-2/h3-4,7,9-10,17H,5-6H2,1-2H3. The second-order valence-corrected chi connectivity index (χ2v) is 4.27. The van der Waals surface area contributed by atoms with Gasteiger partial charge >= 0.3 is 0 Å². The van der Waals surface area contributed by atoms with Crippen molar-refractivity contribution in [2.45, 2.75) is 13.5 Å². The first-order chi connectivity index (χ1) is 9.22. The van der Waals surface area contributed by atoms with E-state index in [1.807, 2.05) is 31.3 Å². The van der Waals surface area contributed by atoms with Gasteiger partial charge in [-0.1, -0.05) is 6.07 Å². The minimum absolute atomic E-state index is 0.620. The van der Waals surface area contributed by atoms with Gasteiger partial charge in [0.1, 0.15) is 6.07 Å². The number of ether oxygens (including phenoxy) is 1. The maximum Gasteiger partial charge on any atom is 0.101 e. The first-order valence-corrected chi connectivity index (χ1v) is 6.02. The predicted molar refractivity (Wildman–Crippen MR) is 73.3 cm³/mol. The highest BCUT2D eigenvalue weighted by Crippen LogP contribution is 2.21. The fourth-order valence-electron chi connectivity index (χ4n) is 1.75. The number of aryl methyl sites for hydroxylation is 1. The summed E-state index contributed by atoms with van der Waals surface area (Å²) in [6.07, 6.45) is 3.63. The number of hydrogen-bond donors (Lipinski definition) is 1. The average Bonchev–Trinajstić information content (AvgIpc) is 2.84. The molecule has 1 heterocycles. The SMILES string of the molecule is COCCn1cc(Nc2cc(C)ccc2C#N)cn1. The Balaban J connectivity index is 2.15. The highest BCUT2D eigenvalue weighted by atomic mass is 16.5. The number of rotatable bonds is 5. The van der Waals surface area contributed by atoms with E-state index in [4.69, 9.17) is 10.00 Å². The van der Waals surface area contributed by atoms with E-state index in [1.54, 1.807) is 18.0 Å². The monoisotopic (exact) mass is 256 g/mol. The van der Waals surface area contributed by atoms with Crippen molar-refractivity contribution in [3.05, 3.63) is 41.7 Å². The van der Waals surface area contributed by atoms with Crippen LogP contribution in [-0.4, -0.2) is 23.5 Å². The van der Waals surface area contributed by atoms with Crippen LogP contribution in [0.25, 0.3) is 0 Å². The molecule has 5 heteroatoms. The van der Waals surface area contributed by atoms with Crippen LogP contribution in [0.2, 0.25) is 0 Å². The van der Waals surface area contributed by atoms with Gasteiger partial charge < -0.3 is 10.1 Å². The summed E-state index contributed by atoms with van der Waals surface area (Å²) in [5.74, 6) is 0. The van der Waals surface area contributed by atoms with Crippen molar-refractivity contribution in [3.8, 4) is 6.07 Å². The van der Waals surface area contributed by atoms with Gasteiger partial charge in [0.25, 0.3) is 0 Å². The van der Waals surface area contributed by atoms with E-state index in [2.05, 4.69) is 16.5 Å².